The lowest BCUT2D eigenvalue weighted by Gasteiger charge is -2.12. The second-order valence-corrected chi connectivity index (χ2v) is 4.31. The van der Waals surface area contributed by atoms with E-state index in [0.717, 1.165) is 0 Å². The van der Waals surface area contributed by atoms with Gasteiger partial charge < -0.3 is 4.74 Å². The molecule has 0 aliphatic heterocycles. The zero-order chi connectivity index (χ0) is 12.1. The van der Waals surface area contributed by atoms with Gasteiger partial charge in [-0.1, -0.05) is 61.5 Å². The van der Waals surface area contributed by atoms with Crippen LogP contribution in [0, 0.1) is 0 Å². The van der Waals surface area contributed by atoms with Crippen LogP contribution in [0.15, 0.2) is 54.6 Å². The van der Waals surface area contributed by atoms with Gasteiger partial charge in [0.05, 0.1) is 6.61 Å². The molecule has 1 atom stereocenters. The fraction of sp³-hybridized carbons (Fsp3) is 0.250. The molecule has 0 aliphatic rings. The molecule has 1 unspecified atom stereocenters. The van der Waals surface area contributed by atoms with Crippen LogP contribution >= 0.6 is 0 Å². The van der Waals surface area contributed by atoms with Crippen LogP contribution in [0.4, 0.5) is 0 Å². The highest BCUT2D eigenvalue weighted by molar-refractivity contribution is 5.33. The number of ether oxygens (including phenoxy) is 1. The van der Waals surface area contributed by atoms with Crippen LogP contribution in [-0.2, 0) is 11.3 Å². The van der Waals surface area contributed by atoms with Crippen LogP contribution < -0.4 is 0 Å². The summed E-state index contributed by atoms with van der Waals surface area (Å²) in [5.74, 6) is 0.438. The molecule has 0 heterocycles. The molecule has 1 heteroatoms. The van der Waals surface area contributed by atoms with E-state index in [0.29, 0.717) is 12.5 Å². The maximum atomic E-state index is 5.11. The zero-order valence-corrected chi connectivity index (χ0v) is 10.4. The van der Waals surface area contributed by atoms with Crippen LogP contribution in [-0.4, -0.2) is 7.11 Å². The van der Waals surface area contributed by atoms with E-state index in [1.807, 2.05) is 0 Å². The molecule has 0 aromatic heterocycles. The van der Waals surface area contributed by atoms with Crippen LogP contribution in [0.3, 0.4) is 0 Å². The summed E-state index contributed by atoms with van der Waals surface area (Å²) in [6.07, 6.45) is 0. The molecule has 17 heavy (non-hydrogen) atoms. The topological polar surface area (TPSA) is 9.23 Å². The highest BCUT2D eigenvalue weighted by atomic mass is 16.5. The predicted molar refractivity (Wildman–Crippen MR) is 71.1 cm³/mol. The SMILES string of the molecule is COCc1ccc(C(C)c2ccccc2)cc1. The maximum absolute atomic E-state index is 5.11. The van der Waals surface area contributed by atoms with Crippen molar-refractivity contribution in [2.45, 2.75) is 19.4 Å². The largest absolute Gasteiger partial charge is 0.380 e. The number of hydrogen-bond acceptors (Lipinski definition) is 1. The molecule has 88 valence electrons. The molecule has 0 spiro atoms. The Labute approximate surface area is 103 Å². The van der Waals surface area contributed by atoms with Crippen molar-refractivity contribution in [2.75, 3.05) is 7.11 Å². The fourth-order valence-corrected chi connectivity index (χ4v) is 2.00. The Balaban J connectivity index is 2.17. The summed E-state index contributed by atoms with van der Waals surface area (Å²) >= 11 is 0. The van der Waals surface area contributed by atoms with Crippen molar-refractivity contribution in [2.24, 2.45) is 0 Å². The second-order valence-electron chi connectivity index (χ2n) is 4.31. The van der Waals surface area contributed by atoms with Crippen LogP contribution in [0.25, 0.3) is 0 Å². The summed E-state index contributed by atoms with van der Waals surface area (Å²) in [5.41, 5.74) is 3.92. The van der Waals surface area contributed by atoms with Gasteiger partial charge in [0.1, 0.15) is 0 Å². The average molecular weight is 226 g/mol. The number of rotatable bonds is 4. The van der Waals surface area contributed by atoms with Gasteiger partial charge in [-0.25, -0.2) is 0 Å². The molecule has 2 rings (SSSR count). The third-order valence-corrected chi connectivity index (χ3v) is 3.09. The quantitative estimate of drug-likeness (QED) is 0.766. The van der Waals surface area contributed by atoms with Crippen molar-refractivity contribution in [1.82, 2.24) is 0 Å². The summed E-state index contributed by atoms with van der Waals surface area (Å²) in [6.45, 7) is 2.92. The Morgan fingerprint density at radius 3 is 2.06 bits per heavy atom. The zero-order valence-electron chi connectivity index (χ0n) is 10.4. The first-order chi connectivity index (χ1) is 8.31. The van der Waals surface area contributed by atoms with Gasteiger partial charge in [0.2, 0.25) is 0 Å². The summed E-state index contributed by atoms with van der Waals surface area (Å²) < 4.78 is 5.11. The van der Waals surface area contributed by atoms with E-state index in [-0.39, 0.29) is 0 Å². The van der Waals surface area contributed by atoms with E-state index in [4.69, 9.17) is 4.74 Å². The first kappa shape index (κ1) is 11.9. The lowest BCUT2D eigenvalue weighted by atomic mass is 9.93. The molecular formula is C16H18O. The van der Waals surface area contributed by atoms with E-state index < -0.39 is 0 Å². The van der Waals surface area contributed by atoms with Gasteiger partial charge >= 0.3 is 0 Å². The van der Waals surface area contributed by atoms with E-state index >= 15 is 0 Å². The summed E-state index contributed by atoms with van der Waals surface area (Å²) in [5, 5.41) is 0. The summed E-state index contributed by atoms with van der Waals surface area (Å²) in [7, 11) is 1.72. The van der Waals surface area contributed by atoms with Crippen molar-refractivity contribution in [3.8, 4) is 0 Å². The third kappa shape index (κ3) is 2.95. The minimum absolute atomic E-state index is 0.438. The first-order valence-electron chi connectivity index (χ1n) is 5.94. The lowest BCUT2D eigenvalue weighted by molar-refractivity contribution is 0.185. The minimum atomic E-state index is 0.438. The van der Waals surface area contributed by atoms with Gasteiger partial charge in [0, 0.05) is 13.0 Å². The van der Waals surface area contributed by atoms with Gasteiger partial charge in [-0.05, 0) is 16.7 Å². The molecular weight excluding hydrogens is 208 g/mol. The van der Waals surface area contributed by atoms with E-state index in [9.17, 15) is 0 Å². The van der Waals surface area contributed by atoms with Crippen molar-refractivity contribution >= 4 is 0 Å². The minimum Gasteiger partial charge on any atom is -0.380 e. The molecule has 0 saturated carbocycles. The third-order valence-electron chi connectivity index (χ3n) is 3.09. The normalized spacial score (nSPS) is 12.4. The van der Waals surface area contributed by atoms with Gasteiger partial charge in [-0.2, -0.15) is 0 Å². The highest BCUT2D eigenvalue weighted by Crippen LogP contribution is 2.23. The van der Waals surface area contributed by atoms with Crippen molar-refractivity contribution in [3.63, 3.8) is 0 Å². The lowest BCUT2D eigenvalue weighted by Crippen LogP contribution is -1.96. The summed E-state index contributed by atoms with van der Waals surface area (Å²) in [6, 6.07) is 19.2. The standard InChI is InChI=1S/C16H18O/c1-13(15-6-4-3-5-7-15)16-10-8-14(9-11-16)12-17-2/h3-11,13H,12H2,1-2H3. The molecule has 0 aliphatic carbocycles. The molecule has 0 fully saturated rings. The van der Waals surface area contributed by atoms with Crippen LogP contribution in [0.5, 0.6) is 0 Å². The smallest absolute Gasteiger partial charge is 0.0713 e. The Hall–Kier alpha value is -1.60. The number of benzene rings is 2. The van der Waals surface area contributed by atoms with Crippen molar-refractivity contribution < 1.29 is 4.74 Å². The molecule has 0 bridgehead atoms. The van der Waals surface area contributed by atoms with Crippen molar-refractivity contribution in [3.05, 3.63) is 71.3 Å². The molecule has 2 aromatic rings. The Morgan fingerprint density at radius 2 is 1.47 bits per heavy atom. The average Bonchev–Trinajstić information content (AvgIpc) is 2.40. The van der Waals surface area contributed by atoms with E-state index in [1.54, 1.807) is 7.11 Å². The molecule has 0 amide bonds. The van der Waals surface area contributed by atoms with Crippen LogP contribution in [0.1, 0.15) is 29.5 Å². The van der Waals surface area contributed by atoms with Crippen molar-refractivity contribution in [1.29, 1.82) is 0 Å². The first-order valence-corrected chi connectivity index (χ1v) is 5.94. The molecule has 2 aromatic carbocycles. The van der Waals surface area contributed by atoms with Gasteiger partial charge in [0.25, 0.3) is 0 Å². The second kappa shape index (κ2) is 5.65. The van der Waals surface area contributed by atoms with E-state index in [2.05, 4.69) is 61.5 Å². The molecule has 0 radical (unpaired) electrons. The van der Waals surface area contributed by atoms with Gasteiger partial charge in [-0.3, -0.25) is 0 Å². The molecule has 1 nitrogen and oxygen atoms in total. The van der Waals surface area contributed by atoms with E-state index in [1.165, 1.54) is 16.7 Å². The Morgan fingerprint density at radius 1 is 0.882 bits per heavy atom. The summed E-state index contributed by atoms with van der Waals surface area (Å²) in [4.78, 5) is 0. The Kier molecular flexibility index (Phi) is 3.94. The molecule has 0 saturated heterocycles. The Bertz CT molecular complexity index is 445. The number of hydrogen-bond donors (Lipinski definition) is 0. The maximum Gasteiger partial charge on any atom is 0.0713 e. The fourth-order valence-electron chi connectivity index (χ4n) is 2.00. The van der Waals surface area contributed by atoms with Gasteiger partial charge in [-0.15, -0.1) is 0 Å². The van der Waals surface area contributed by atoms with Gasteiger partial charge in [0.15, 0.2) is 0 Å². The molecule has 0 N–H and O–H groups in total. The number of methoxy groups -OCH3 is 1. The van der Waals surface area contributed by atoms with Crippen LogP contribution in [0.2, 0.25) is 0 Å². The predicted octanol–water partition coefficient (Wildman–Crippen LogP) is 3.98. The monoisotopic (exact) mass is 226 g/mol. The highest BCUT2D eigenvalue weighted by Gasteiger charge is 2.07.